The minimum Gasteiger partial charge on any atom is -0.481 e. The summed E-state index contributed by atoms with van der Waals surface area (Å²) in [7, 11) is 0. The standard InChI is InChI=1S/C17H12O2/c18-10-11-9-15-13-6-3-4-8-16(13)19-17(15)14-7-2-1-5-12(11)14/h1-10,12,16H. The Morgan fingerprint density at radius 2 is 1.79 bits per heavy atom. The van der Waals surface area contributed by atoms with Crippen LogP contribution in [-0.2, 0) is 9.53 Å². The van der Waals surface area contributed by atoms with Crippen molar-refractivity contribution in [3.8, 4) is 0 Å². The molecule has 0 amide bonds. The zero-order valence-corrected chi connectivity index (χ0v) is 10.2. The number of aldehydes is 1. The molecule has 0 aromatic heterocycles. The second kappa shape index (κ2) is 3.82. The summed E-state index contributed by atoms with van der Waals surface area (Å²) in [4.78, 5) is 11.3. The van der Waals surface area contributed by atoms with Gasteiger partial charge in [0.2, 0.25) is 0 Å². The van der Waals surface area contributed by atoms with Gasteiger partial charge in [-0.3, -0.25) is 4.79 Å². The Labute approximate surface area is 111 Å². The molecule has 19 heavy (non-hydrogen) atoms. The third-order valence-corrected chi connectivity index (χ3v) is 3.87. The summed E-state index contributed by atoms with van der Waals surface area (Å²) in [6.45, 7) is 0. The maximum absolute atomic E-state index is 11.3. The Morgan fingerprint density at radius 3 is 2.63 bits per heavy atom. The molecule has 0 bridgehead atoms. The predicted octanol–water partition coefficient (Wildman–Crippen LogP) is 2.94. The van der Waals surface area contributed by atoms with E-state index in [4.69, 9.17) is 4.74 Å². The molecule has 0 aromatic carbocycles. The van der Waals surface area contributed by atoms with Crippen LogP contribution in [-0.4, -0.2) is 12.4 Å². The first-order chi connectivity index (χ1) is 9.38. The molecule has 2 nitrogen and oxygen atoms in total. The zero-order valence-electron chi connectivity index (χ0n) is 10.2. The van der Waals surface area contributed by atoms with Gasteiger partial charge in [-0.2, -0.15) is 0 Å². The van der Waals surface area contributed by atoms with Gasteiger partial charge in [-0.1, -0.05) is 42.5 Å². The summed E-state index contributed by atoms with van der Waals surface area (Å²) in [6.07, 6.45) is 19.1. The van der Waals surface area contributed by atoms with Crippen molar-refractivity contribution in [3.63, 3.8) is 0 Å². The number of fused-ring (bicyclic) bond motifs is 3. The van der Waals surface area contributed by atoms with Crippen molar-refractivity contribution in [2.75, 3.05) is 0 Å². The van der Waals surface area contributed by atoms with Crippen molar-refractivity contribution in [2.45, 2.75) is 6.10 Å². The van der Waals surface area contributed by atoms with E-state index in [1.54, 1.807) is 0 Å². The highest BCUT2D eigenvalue weighted by molar-refractivity contribution is 5.81. The Morgan fingerprint density at radius 1 is 1.00 bits per heavy atom. The van der Waals surface area contributed by atoms with Gasteiger partial charge in [0.1, 0.15) is 18.1 Å². The van der Waals surface area contributed by atoms with Crippen LogP contribution in [0.3, 0.4) is 0 Å². The van der Waals surface area contributed by atoms with Crippen LogP contribution in [0.2, 0.25) is 0 Å². The molecular weight excluding hydrogens is 236 g/mol. The first-order valence-electron chi connectivity index (χ1n) is 6.40. The fourth-order valence-electron chi connectivity index (χ4n) is 2.98. The first kappa shape index (κ1) is 10.6. The maximum Gasteiger partial charge on any atom is 0.146 e. The van der Waals surface area contributed by atoms with Gasteiger partial charge in [-0.15, -0.1) is 0 Å². The molecule has 4 rings (SSSR count). The fraction of sp³-hybridized carbons (Fsp3) is 0.118. The molecule has 3 aliphatic carbocycles. The molecule has 0 radical (unpaired) electrons. The number of carbonyl (C=O) groups is 1. The van der Waals surface area contributed by atoms with E-state index < -0.39 is 0 Å². The molecule has 0 spiro atoms. The highest BCUT2D eigenvalue weighted by Gasteiger charge is 2.35. The summed E-state index contributed by atoms with van der Waals surface area (Å²) in [6, 6.07) is 0. The van der Waals surface area contributed by atoms with E-state index in [1.807, 2.05) is 48.6 Å². The molecule has 0 N–H and O–H groups in total. The van der Waals surface area contributed by atoms with Crippen molar-refractivity contribution in [2.24, 2.45) is 5.92 Å². The molecule has 2 unspecified atom stereocenters. The molecule has 1 heterocycles. The lowest BCUT2D eigenvalue weighted by atomic mass is 9.80. The Bertz CT molecular complexity index is 678. The molecule has 2 heteroatoms. The molecule has 1 aliphatic heterocycles. The zero-order chi connectivity index (χ0) is 12.8. The van der Waals surface area contributed by atoms with Crippen molar-refractivity contribution in [1.29, 1.82) is 0 Å². The topological polar surface area (TPSA) is 26.3 Å². The summed E-state index contributed by atoms with van der Waals surface area (Å²) >= 11 is 0. The summed E-state index contributed by atoms with van der Waals surface area (Å²) in [5.41, 5.74) is 4.09. The quantitative estimate of drug-likeness (QED) is 0.667. The predicted molar refractivity (Wildman–Crippen MR) is 73.1 cm³/mol. The van der Waals surface area contributed by atoms with E-state index in [-0.39, 0.29) is 12.0 Å². The molecule has 0 saturated heterocycles. The van der Waals surface area contributed by atoms with Crippen LogP contribution in [0.25, 0.3) is 0 Å². The maximum atomic E-state index is 11.3. The van der Waals surface area contributed by atoms with E-state index in [0.717, 1.165) is 34.3 Å². The lowest BCUT2D eigenvalue weighted by Crippen LogP contribution is -2.14. The van der Waals surface area contributed by atoms with Gasteiger partial charge in [0.05, 0.1) is 0 Å². The normalized spacial score (nSPS) is 29.8. The highest BCUT2D eigenvalue weighted by atomic mass is 16.5. The molecule has 0 saturated carbocycles. The SMILES string of the molecule is O=CC1=CC2=C3C=CC=CC3OC2=C2C=CC=CC12. The van der Waals surface area contributed by atoms with Gasteiger partial charge in [-0.05, 0) is 12.2 Å². The average molecular weight is 248 g/mol. The van der Waals surface area contributed by atoms with Gasteiger partial charge in [0, 0.05) is 28.2 Å². The molecule has 2 atom stereocenters. The summed E-state index contributed by atoms with van der Waals surface area (Å²) in [5, 5.41) is 0. The molecule has 0 aromatic rings. The third-order valence-electron chi connectivity index (χ3n) is 3.87. The fourth-order valence-corrected chi connectivity index (χ4v) is 2.98. The lowest BCUT2D eigenvalue weighted by Gasteiger charge is -2.24. The van der Waals surface area contributed by atoms with Gasteiger partial charge in [-0.25, -0.2) is 0 Å². The average Bonchev–Trinajstić information content (AvgIpc) is 2.85. The molecule has 0 fully saturated rings. The number of rotatable bonds is 1. The lowest BCUT2D eigenvalue weighted by molar-refractivity contribution is -0.105. The first-order valence-corrected chi connectivity index (χ1v) is 6.40. The van der Waals surface area contributed by atoms with E-state index in [0.29, 0.717) is 0 Å². The monoisotopic (exact) mass is 248 g/mol. The van der Waals surface area contributed by atoms with Gasteiger partial charge >= 0.3 is 0 Å². The van der Waals surface area contributed by atoms with E-state index >= 15 is 0 Å². The van der Waals surface area contributed by atoms with Crippen molar-refractivity contribution in [3.05, 3.63) is 82.7 Å². The van der Waals surface area contributed by atoms with Gasteiger partial charge in [0.25, 0.3) is 0 Å². The Hall–Kier alpha value is -2.35. The van der Waals surface area contributed by atoms with E-state index in [2.05, 4.69) is 6.08 Å². The Balaban J connectivity index is 1.96. The van der Waals surface area contributed by atoms with Crippen LogP contribution in [0.5, 0.6) is 0 Å². The smallest absolute Gasteiger partial charge is 0.146 e. The van der Waals surface area contributed by atoms with E-state index in [1.165, 1.54) is 0 Å². The second-order valence-electron chi connectivity index (χ2n) is 4.92. The highest BCUT2D eigenvalue weighted by Crippen LogP contribution is 2.44. The number of allylic oxidation sites excluding steroid dienone is 9. The van der Waals surface area contributed by atoms with Crippen LogP contribution in [0.1, 0.15) is 0 Å². The van der Waals surface area contributed by atoms with Gasteiger partial charge < -0.3 is 4.74 Å². The summed E-state index contributed by atoms with van der Waals surface area (Å²) in [5.74, 6) is 0.961. The summed E-state index contributed by atoms with van der Waals surface area (Å²) < 4.78 is 6.05. The van der Waals surface area contributed by atoms with Crippen LogP contribution in [0.15, 0.2) is 82.7 Å². The van der Waals surface area contributed by atoms with Crippen molar-refractivity contribution in [1.82, 2.24) is 0 Å². The third kappa shape index (κ3) is 1.40. The molecule has 92 valence electrons. The number of hydrogen-bond acceptors (Lipinski definition) is 2. The van der Waals surface area contributed by atoms with Crippen LogP contribution >= 0.6 is 0 Å². The Kier molecular flexibility index (Phi) is 2.12. The van der Waals surface area contributed by atoms with Gasteiger partial charge in [0.15, 0.2) is 0 Å². The number of hydrogen-bond donors (Lipinski definition) is 0. The second-order valence-corrected chi connectivity index (χ2v) is 4.92. The molecular formula is C17H12O2. The minimum absolute atomic E-state index is 0.00953. The minimum atomic E-state index is -0.00953. The van der Waals surface area contributed by atoms with E-state index in [9.17, 15) is 4.79 Å². The number of ether oxygens (including phenoxy) is 1. The van der Waals surface area contributed by atoms with Crippen molar-refractivity contribution < 1.29 is 9.53 Å². The molecule has 4 aliphatic rings. The number of carbonyl (C=O) groups excluding carboxylic acids is 1. The van der Waals surface area contributed by atoms with Crippen LogP contribution in [0.4, 0.5) is 0 Å². The largest absolute Gasteiger partial charge is 0.481 e. The van der Waals surface area contributed by atoms with Crippen LogP contribution in [0, 0.1) is 5.92 Å². The van der Waals surface area contributed by atoms with Crippen molar-refractivity contribution >= 4 is 6.29 Å². The van der Waals surface area contributed by atoms with Crippen LogP contribution < -0.4 is 0 Å².